The second-order valence-electron chi connectivity index (χ2n) is 3.42. The third kappa shape index (κ3) is 2.63. The highest BCUT2D eigenvalue weighted by molar-refractivity contribution is 5.07. The minimum Gasteiger partial charge on any atom is -0.340 e. The Morgan fingerprint density at radius 2 is 0.950 bits per heavy atom. The number of alkyl halides is 12. The molecule has 0 rings (SSSR count). The van der Waals surface area contributed by atoms with E-state index in [1.807, 2.05) is 0 Å². The van der Waals surface area contributed by atoms with Gasteiger partial charge in [-0.05, 0) is 0 Å². The summed E-state index contributed by atoms with van der Waals surface area (Å²) in [5, 5.41) is 0. The van der Waals surface area contributed by atoms with Crippen molar-refractivity contribution >= 4 is 0 Å². The molecule has 0 bridgehead atoms. The van der Waals surface area contributed by atoms with Gasteiger partial charge in [0.1, 0.15) is 0 Å². The highest BCUT2D eigenvalue weighted by atomic mass is 19.4. The van der Waals surface area contributed by atoms with E-state index >= 15 is 0 Å². The van der Waals surface area contributed by atoms with Crippen molar-refractivity contribution in [2.75, 3.05) is 7.11 Å². The van der Waals surface area contributed by atoms with Crippen molar-refractivity contribution in [2.24, 2.45) is 0 Å². The molecule has 0 spiro atoms. The van der Waals surface area contributed by atoms with Gasteiger partial charge in [-0.2, -0.15) is 43.9 Å². The monoisotopic (exact) mass is 332 g/mol. The Morgan fingerprint density at radius 3 is 1.10 bits per heavy atom. The minimum absolute atomic E-state index is 0.368. The lowest BCUT2D eigenvalue weighted by Gasteiger charge is -2.38. The van der Waals surface area contributed by atoms with Crippen molar-refractivity contribution in [3.63, 3.8) is 0 Å². The van der Waals surface area contributed by atoms with Crippen LogP contribution in [0, 0.1) is 0 Å². The molecule has 0 aliphatic carbocycles. The number of rotatable bonds is 3. The summed E-state index contributed by atoms with van der Waals surface area (Å²) in [5.74, 6) is -6.15. The molecule has 0 N–H and O–H groups in total. The Kier molecular flexibility index (Phi) is 4.63. The number of halogens is 12. The van der Waals surface area contributed by atoms with Crippen LogP contribution < -0.4 is 0 Å². The van der Waals surface area contributed by atoms with E-state index in [4.69, 9.17) is 0 Å². The summed E-state index contributed by atoms with van der Waals surface area (Å²) in [6.07, 6.45) is -26.9. The molecular formula is C7H4F12O. The van der Waals surface area contributed by atoms with Gasteiger partial charge in [-0.15, -0.1) is 0 Å². The number of ether oxygens (including phenoxy) is 1. The van der Waals surface area contributed by atoms with Crippen molar-refractivity contribution in [1.82, 2.24) is 0 Å². The molecule has 0 aliphatic heterocycles. The molecule has 0 aromatic heterocycles. The highest BCUT2D eigenvalue weighted by Gasteiger charge is 2.84. The van der Waals surface area contributed by atoms with Gasteiger partial charge in [0.2, 0.25) is 6.17 Å². The quantitative estimate of drug-likeness (QED) is 0.709. The number of hydrogen-bond acceptors (Lipinski definition) is 1. The van der Waals surface area contributed by atoms with Crippen molar-refractivity contribution in [3.05, 3.63) is 0 Å². The van der Waals surface area contributed by atoms with E-state index in [9.17, 15) is 52.7 Å². The zero-order chi connectivity index (χ0) is 16.8. The van der Waals surface area contributed by atoms with E-state index in [-0.39, 0.29) is 7.11 Å². The molecular weight excluding hydrogens is 328 g/mol. The Morgan fingerprint density at radius 1 is 0.650 bits per heavy atom. The smallest absolute Gasteiger partial charge is 0.340 e. The molecule has 2 atom stereocenters. The van der Waals surface area contributed by atoms with Crippen LogP contribution in [-0.4, -0.2) is 43.3 Å². The lowest BCUT2D eigenvalue weighted by atomic mass is 9.92. The molecule has 2 unspecified atom stereocenters. The van der Waals surface area contributed by atoms with Crippen LogP contribution in [0.1, 0.15) is 0 Å². The van der Waals surface area contributed by atoms with Gasteiger partial charge in [0.25, 0.3) is 0 Å². The molecule has 0 radical (unpaired) electrons. The standard InChI is InChI=1S/C7H4F12O/c1-20-4(10,7(17,18)19)2(8)3(9,5(11,12)13)6(14,15)16/h2H,1H3. The average molecular weight is 332 g/mol. The molecule has 0 heterocycles. The molecule has 0 saturated carbocycles. The second kappa shape index (κ2) is 4.84. The van der Waals surface area contributed by atoms with Gasteiger partial charge >= 0.3 is 30.1 Å². The fourth-order valence-corrected chi connectivity index (χ4v) is 1.07. The molecule has 20 heavy (non-hydrogen) atoms. The maximum Gasteiger partial charge on any atom is 0.451 e. The number of hydrogen-bond donors (Lipinski definition) is 0. The summed E-state index contributed by atoms with van der Waals surface area (Å²) < 4.78 is 150. The molecule has 0 saturated heterocycles. The molecule has 13 heteroatoms. The summed E-state index contributed by atoms with van der Waals surface area (Å²) in [6.45, 7) is 0. The van der Waals surface area contributed by atoms with Gasteiger partial charge < -0.3 is 4.74 Å². The van der Waals surface area contributed by atoms with Crippen LogP contribution in [-0.2, 0) is 4.74 Å². The van der Waals surface area contributed by atoms with E-state index < -0.39 is 36.2 Å². The summed E-state index contributed by atoms with van der Waals surface area (Å²) in [4.78, 5) is 0. The Hall–Kier alpha value is -0.880. The zero-order valence-corrected chi connectivity index (χ0v) is 9.02. The Labute approximate surface area is 102 Å². The molecule has 0 amide bonds. The van der Waals surface area contributed by atoms with Crippen molar-refractivity contribution < 1.29 is 57.4 Å². The van der Waals surface area contributed by atoms with Crippen LogP contribution in [0.5, 0.6) is 0 Å². The van der Waals surface area contributed by atoms with Crippen molar-refractivity contribution in [2.45, 2.75) is 36.2 Å². The molecule has 122 valence electrons. The SMILES string of the molecule is COC(F)(C(F)C(F)(C(F)(F)F)C(F)(F)F)C(F)(F)F. The molecule has 0 fully saturated rings. The fraction of sp³-hybridized carbons (Fsp3) is 1.00. The minimum atomic E-state index is -7.20. The fourth-order valence-electron chi connectivity index (χ4n) is 1.07. The number of methoxy groups -OCH3 is 1. The first-order valence-electron chi connectivity index (χ1n) is 4.24. The predicted molar refractivity (Wildman–Crippen MR) is 37.7 cm³/mol. The van der Waals surface area contributed by atoms with Crippen LogP contribution in [0.2, 0.25) is 0 Å². The van der Waals surface area contributed by atoms with Crippen LogP contribution in [0.15, 0.2) is 0 Å². The van der Waals surface area contributed by atoms with Crippen LogP contribution in [0.4, 0.5) is 52.7 Å². The van der Waals surface area contributed by atoms with Crippen LogP contribution >= 0.6 is 0 Å². The van der Waals surface area contributed by atoms with Gasteiger partial charge in [-0.25, -0.2) is 8.78 Å². The zero-order valence-electron chi connectivity index (χ0n) is 9.02. The first kappa shape index (κ1) is 19.1. The van der Waals surface area contributed by atoms with Gasteiger partial charge in [0.15, 0.2) is 0 Å². The maximum atomic E-state index is 13.0. The highest BCUT2D eigenvalue weighted by Crippen LogP contribution is 2.55. The van der Waals surface area contributed by atoms with Crippen LogP contribution in [0.25, 0.3) is 0 Å². The summed E-state index contributed by atoms with van der Waals surface area (Å²) in [7, 11) is -0.368. The molecule has 1 nitrogen and oxygen atoms in total. The second-order valence-corrected chi connectivity index (χ2v) is 3.42. The third-order valence-corrected chi connectivity index (χ3v) is 2.18. The first-order valence-corrected chi connectivity index (χ1v) is 4.24. The molecule has 0 aliphatic rings. The maximum absolute atomic E-state index is 13.0. The van der Waals surface area contributed by atoms with E-state index in [1.165, 1.54) is 0 Å². The van der Waals surface area contributed by atoms with E-state index in [0.717, 1.165) is 0 Å². The van der Waals surface area contributed by atoms with Gasteiger partial charge in [-0.3, -0.25) is 0 Å². The lowest BCUT2D eigenvalue weighted by Crippen LogP contribution is -2.68. The Balaban J connectivity index is 6.13. The normalized spacial score (nSPS) is 19.6. The van der Waals surface area contributed by atoms with Crippen LogP contribution in [0.3, 0.4) is 0 Å². The summed E-state index contributed by atoms with van der Waals surface area (Å²) in [5.41, 5.74) is -7.11. The van der Waals surface area contributed by atoms with Gasteiger partial charge in [0.05, 0.1) is 0 Å². The molecule has 0 aromatic rings. The summed E-state index contributed by atoms with van der Waals surface area (Å²) in [6, 6.07) is 0. The van der Waals surface area contributed by atoms with Gasteiger partial charge in [0, 0.05) is 7.11 Å². The lowest BCUT2D eigenvalue weighted by molar-refractivity contribution is -0.416. The largest absolute Gasteiger partial charge is 0.451 e. The van der Waals surface area contributed by atoms with E-state index in [1.54, 1.807) is 0 Å². The predicted octanol–water partition coefficient (Wildman–Crippen LogP) is 4.03. The summed E-state index contributed by atoms with van der Waals surface area (Å²) >= 11 is 0. The Bertz CT molecular complexity index is 325. The third-order valence-electron chi connectivity index (χ3n) is 2.18. The molecule has 0 aromatic carbocycles. The van der Waals surface area contributed by atoms with Crippen molar-refractivity contribution in [3.8, 4) is 0 Å². The van der Waals surface area contributed by atoms with Crippen molar-refractivity contribution in [1.29, 1.82) is 0 Å². The first-order chi connectivity index (χ1) is 8.47. The van der Waals surface area contributed by atoms with E-state index in [2.05, 4.69) is 4.74 Å². The average Bonchev–Trinajstić information content (AvgIpc) is 2.20. The van der Waals surface area contributed by atoms with E-state index in [0.29, 0.717) is 0 Å². The topological polar surface area (TPSA) is 9.23 Å². The van der Waals surface area contributed by atoms with Gasteiger partial charge in [-0.1, -0.05) is 0 Å².